The van der Waals surface area contributed by atoms with Crippen molar-refractivity contribution >= 4 is 18.1 Å². The second-order valence-corrected chi connectivity index (χ2v) is 5.23. The molecule has 3 heteroatoms. The van der Waals surface area contributed by atoms with Gasteiger partial charge in [-0.15, -0.1) is 0 Å². The minimum absolute atomic E-state index is 0.108. The van der Waals surface area contributed by atoms with Crippen LogP contribution in [0.3, 0.4) is 0 Å². The topological polar surface area (TPSA) is 15.3 Å². The Labute approximate surface area is 125 Å². The number of fused-ring (bicyclic) bond motifs is 6. The molecule has 0 unspecified atom stereocenters. The van der Waals surface area contributed by atoms with Gasteiger partial charge < -0.3 is 10.0 Å². The van der Waals surface area contributed by atoms with Crippen LogP contribution in [0.1, 0.15) is 0 Å². The van der Waals surface area contributed by atoms with Crippen LogP contribution in [-0.4, -0.2) is 6.98 Å². The highest BCUT2D eigenvalue weighted by Gasteiger charge is 2.41. The minimum atomic E-state index is 0.108. The van der Waals surface area contributed by atoms with E-state index in [-0.39, 0.29) is 6.98 Å². The lowest BCUT2D eigenvalue weighted by Crippen LogP contribution is -2.55. The van der Waals surface area contributed by atoms with E-state index >= 15 is 0 Å². The van der Waals surface area contributed by atoms with Crippen molar-refractivity contribution in [1.82, 2.24) is 5.23 Å². The molecule has 0 spiro atoms. The van der Waals surface area contributed by atoms with Gasteiger partial charge in [0, 0.05) is 16.9 Å². The molecule has 0 aromatic heterocycles. The van der Waals surface area contributed by atoms with Crippen LogP contribution in [-0.2, 0) is 0 Å². The summed E-state index contributed by atoms with van der Waals surface area (Å²) in [6.07, 6.45) is 3.76. The maximum absolute atomic E-state index is 3.97. The molecule has 0 saturated heterocycles. The Morgan fingerprint density at radius 2 is 1.62 bits per heavy atom. The van der Waals surface area contributed by atoms with Gasteiger partial charge in [-0.1, -0.05) is 55.6 Å². The van der Waals surface area contributed by atoms with Crippen LogP contribution >= 0.6 is 0 Å². The molecule has 0 atom stereocenters. The molecule has 0 radical (unpaired) electrons. The average Bonchev–Trinajstić information content (AvgIpc) is 2.94. The van der Waals surface area contributed by atoms with E-state index in [1.807, 2.05) is 12.2 Å². The first kappa shape index (κ1) is 12.1. The van der Waals surface area contributed by atoms with Crippen molar-refractivity contribution in [2.75, 3.05) is 4.81 Å². The predicted octanol–water partition coefficient (Wildman–Crippen LogP) is 3.06. The third kappa shape index (κ3) is 1.54. The molecule has 2 aromatic rings. The van der Waals surface area contributed by atoms with E-state index < -0.39 is 0 Å². The highest BCUT2D eigenvalue weighted by atomic mass is 15.2. The van der Waals surface area contributed by atoms with Gasteiger partial charge in [0.25, 0.3) is 0 Å². The number of anilines is 1. The molecule has 1 N–H and O–H groups in total. The molecule has 2 aliphatic heterocycles. The van der Waals surface area contributed by atoms with Crippen molar-refractivity contribution < 1.29 is 0 Å². The summed E-state index contributed by atoms with van der Waals surface area (Å²) in [5, 5.41) is 3.56. The Kier molecular flexibility index (Phi) is 2.55. The van der Waals surface area contributed by atoms with Crippen molar-refractivity contribution in [3.8, 4) is 11.1 Å². The largest absolute Gasteiger partial charge is 0.414 e. The van der Waals surface area contributed by atoms with Crippen molar-refractivity contribution in [3.05, 3.63) is 85.2 Å². The summed E-state index contributed by atoms with van der Waals surface area (Å²) >= 11 is 0. The Bertz CT molecular complexity index is 791. The van der Waals surface area contributed by atoms with Crippen molar-refractivity contribution in [2.24, 2.45) is 0 Å². The third-order valence-corrected chi connectivity index (χ3v) is 4.19. The molecule has 0 saturated carbocycles. The number of benzene rings is 2. The maximum atomic E-state index is 3.97. The predicted molar refractivity (Wildman–Crippen MR) is 90.3 cm³/mol. The second-order valence-electron chi connectivity index (χ2n) is 5.23. The van der Waals surface area contributed by atoms with Gasteiger partial charge in [0.2, 0.25) is 0 Å². The lowest BCUT2D eigenvalue weighted by molar-refractivity contribution is 1.25. The molecule has 21 heavy (non-hydrogen) atoms. The SMILES string of the molecule is C=CC1=C(C=C)N2B(N1)c1ccccc1-c1ccccc12. The number of hydrogen-bond donors (Lipinski definition) is 1. The van der Waals surface area contributed by atoms with Gasteiger partial charge in [-0.25, -0.2) is 0 Å². The van der Waals surface area contributed by atoms with Gasteiger partial charge in [-0.05, 0) is 29.2 Å². The van der Waals surface area contributed by atoms with Crippen LogP contribution in [0.4, 0.5) is 5.69 Å². The number of rotatable bonds is 2. The van der Waals surface area contributed by atoms with E-state index in [9.17, 15) is 0 Å². The molecule has 2 aliphatic rings. The van der Waals surface area contributed by atoms with Crippen molar-refractivity contribution in [1.29, 1.82) is 0 Å². The van der Waals surface area contributed by atoms with Crippen LogP contribution < -0.4 is 15.5 Å². The Balaban J connectivity index is 2.03. The maximum Gasteiger partial charge on any atom is 0.414 e. The number of nitrogens with zero attached hydrogens (tertiary/aromatic N) is 1. The molecular weight excluding hydrogens is 255 g/mol. The number of allylic oxidation sites excluding steroid dienone is 2. The fourth-order valence-corrected chi connectivity index (χ4v) is 3.30. The quantitative estimate of drug-likeness (QED) is 0.844. The van der Waals surface area contributed by atoms with E-state index in [0.717, 1.165) is 11.4 Å². The molecule has 0 aliphatic carbocycles. The lowest BCUT2D eigenvalue weighted by atomic mass is 9.61. The fourth-order valence-electron chi connectivity index (χ4n) is 3.30. The Morgan fingerprint density at radius 3 is 2.38 bits per heavy atom. The summed E-state index contributed by atoms with van der Waals surface area (Å²) in [5.74, 6) is 0. The first-order valence-corrected chi connectivity index (χ1v) is 7.08. The highest BCUT2D eigenvalue weighted by Crippen LogP contribution is 2.39. The van der Waals surface area contributed by atoms with Gasteiger partial charge >= 0.3 is 6.98 Å². The normalized spacial score (nSPS) is 15.0. The van der Waals surface area contributed by atoms with Crippen molar-refractivity contribution in [3.63, 3.8) is 0 Å². The molecule has 100 valence electrons. The molecule has 0 fully saturated rings. The Hall–Kier alpha value is -2.68. The third-order valence-electron chi connectivity index (χ3n) is 4.19. The highest BCUT2D eigenvalue weighted by molar-refractivity contribution is 6.79. The zero-order valence-corrected chi connectivity index (χ0v) is 11.7. The van der Waals surface area contributed by atoms with E-state index in [2.05, 4.69) is 71.7 Å². The molecule has 0 bridgehead atoms. The van der Waals surface area contributed by atoms with Crippen LogP contribution in [0.15, 0.2) is 85.2 Å². The summed E-state index contributed by atoms with van der Waals surface area (Å²) in [4.78, 5) is 2.31. The zero-order valence-electron chi connectivity index (χ0n) is 11.7. The summed E-state index contributed by atoms with van der Waals surface area (Å²) in [6, 6.07) is 17.1. The number of nitrogens with one attached hydrogen (secondary N) is 1. The van der Waals surface area contributed by atoms with Gasteiger partial charge in [0.05, 0.1) is 5.70 Å². The van der Waals surface area contributed by atoms with Crippen LogP contribution in [0, 0.1) is 0 Å². The van der Waals surface area contributed by atoms with Gasteiger partial charge in [-0.2, -0.15) is 0 Å². The molecular formula is C18H15BN2. The summed E-state index contributed by atoms with van der Waals surface area (Å²) in [7, 11) is 0. The monoisotopic (exact) mass is 270 g/mol. The van der Waals surface area contributed by atoms with Crippen molar-refractivity contribution in [2.45, 2.75) is 0 Å². The van der Waals surface area contributed by atoms with Crippen LogP contribution in [0.5, 0.6) is 0 Å². The van der Waals surface area contributed by atoms with E-state index in [1.165, 1.54) is 22.3 Å². The van der Waals surface area contributed by atoms with Gasteiger partial charge in [0.1, 0.15) is 0 Å². The molecule has 2 heterocycles. The zero-order chi connectivity index (χ0) is 14.4. The minimum Gasteiger partial charge on any atom is -0.403 e. The van der Waals surface area contributed by atoms with E-state index in [0.29, 0.717) is 0 Å². The summed E-state index contributed by atoms with van der Waals surface area (Å²) < 4.78 is 0. The lowest BCUT2D eigenvalue weighted by Gasteiger charge is -2.33. The van der Waals surface area contributed by atoms with Crippen LogP contribution in [0.25, 0.3) is 11.1 Å². The first-order valence-electron chi connectivity index (χ1n) is 7.08. The standard InChI is InChI=1S/C18H15BN2/c1-3-16-17(4-2)21-18-12-8-6-10-14(18)13-9-5-7-11-15(13)19(21)20-16/h3-12,20H,1-2H2. The van der Waals surface area contributed by atoms with Gasteiger partial charge in [0.15, 0.2) is 0 Å². The van der Waals surface area contributed by atoms with E-state index in [4.69, 9.17) is 0 Å². The second kappa shape index (κ2) is 4.42. The fraction of sp³-hybridized carbons (Fsp3) is 0. The average molecular weight is 270 g/mol. The van der Waals surface area contributed by atoms with E-state index in [1.54, 1.807) is 0 Å². The van der Waals surface area contributed by atoms with Crippen LogP contribution in [0.2, 0.25) is 0 Å². The molecule has 2 nitrogen and oxygen atoms in total. The first-order chi connectivity index (χ1) is 10.3. The Morgan fingerprint density at radius 1 is 0.905 bits per heavy atom. The summed E-state index contributed by atoms with van der Waals surface area (Å²) in [5.41, 5.74) is 7.15. The smallest absolute Gasteiger partial charge is 0.403 e. The summed E-state index contributed by atoms with van der Waals surface area (Å²) in [6.45, 7) is 8.00. The molecule has 2 aromatic carbocycles. The number of hydrogen-bond acceptors (Lipinski definition) is 2. The number of para-hydroxylation sites is 1. The molecule has 4 rings (SSSR count). The van der Waals surface area contributed by atoms with Gasteiger partial charge in [-0.3, -0.25) is 0 Å². The molecule has 0 amide bonds.